The second kappa shape index (κ2) is 3.80. The summed E-state index contributed by atoms with van der Waals surface area (Å²) in [7, 11) is 0. The molecule has 0 amide bonds. The summed E-state index contributed by atoms with van der Waals surface area (Å²) < 4.78 is 0. The lowest BCUT2D eigenvalue weighted by molar-refractivity contribution is 0.452. The number of rotatable bonds is 2. The number of aromatic hydroxyl groups is 1. The molecule has 2 aromatic rings. The van der Waals surface area contributed by atoms with E-state index in [0.717, 1.165) is 16.3 Å². The van der Waals surface area contributed by atoms with E-state index >= 15 is 0 Å². The summed E-state index contributed by atoms with van der Waals surface area (Å²) in [6.07, 6.45) is 0.667. The first-order chi connectivity index (χ1) is 7.47. The first kappa shape index (κ1) is 11.0. The van der Waals surface area contributed by atoms with Gasteiger partial charge in [-0.25, -0.2) is 0 Å². The summed E-state index contributed by atoms with van der Waals surface area (Å²) in [6.45, 7) is 3.93. The maximum Gasteiger partial charge on any atom is 0.119 e. The van der Waals surface area contributed by atoms with Crippen molar-refractivity contribution in [3.8, 4) is 5.75 Å². The van der Waals surface area contributed by atoms with Crippen LogP contribution in [0.3, 0.4) is 0 Å². The van der Waals surface area contributed by atoms with Gasteiger partial charge in [0, 0.05) is 11.1 Å². The van der Waals surface area contributed by atoms with Gasteiger partial charge in [-0.1, -0.05) is 30.3 Å². The Balaban J connectivity index is 2.62. The molecule has 0 atom stereocenters. The van der Waals surface area contributed by atoms with E-state index in [4.69, 9.17) is 5.73 Å². The normalized spacial score (nSPS) is 11.9. The van der Waals surface area contributed by atoms with Crippen LogP contribution in [-0.2, 0) is 6.42 Å². The van der Waals surface area contributed by atoms with Crippen molar-refractivity contribution in [1.29, 1.82) is 0 Å². The van der Waals surface area contributed by atoms with Crippen LogP contribution in [0.2, 0.25) is 0 Å². The minimum atomic E-state index is -0.318. The smallest absolute Gasteiger partial charge is 0.119 e. The quantitative estimate of drug-likeness (QED) is 0.809. The molecule has 84 valence electrons. The van der Waals surface area contributed by atoms with Crippen molar-refractivity contribution in [3.63, 3.8) is 0 Å². The van der Waals surface area contributed by atoms with Crippen LogP contribution < -0.4 is 5.73 Å². The number of phenols is 1. The molecule has 0 saturated heterocycles. The standard InChI is InChI=1S/C14H17NO/c1-14(2,15)9-12-11-6-4-3-5-10(11)7-8-13(12)16/h3-8,16H,9,15H2,1-2H3. The van der Waals surface area contributed by atoms with Gasteiger partial charge in [0.25, 0.3) is 0 Å². The zero-order valence-electron chi connectivity index (χ0n) is 9.70. The van der Waals surface area contributed by atoms with E-state index in [1.165, 1.54) is 0 Å². The predicted molar refractivity (Wildman–Crippen MR) is 67.6 cm³/mol. The number of benzene rings is 2. The highest BCUT2D eigenvalue weighted by atomic mass is 16.3. The molecule has 0 unspecified atom stereocenters. The maximum atomic E-state index is 9.92. The molecule has 2 aromatic carbocycles. The van der Waals surface area contributed by atoms with Crippen molar-refractivity contribution >= 4 is 10.8 Å². The van der Waals surface area contributed by atoms with Crippen LogP contribution in [0, 0.1) is 0 Å². The fourth-order valence-corrected chi connectivity index (χ4v) is 1.97. The monoisotopic (exact) mass is 215 g/mol. The lowest BCUT2D eigenvalue weighted by Gasteiger charge is -2.20. The SMILES string of the molecule is CC(C)(N)Cc1c(O)ccc2ccccc12. The van der Waals surface area contributed by atoms with Gasteiger partial charge in [0.05, 0.1) is 0 Å². The number of phenolic OH excluding ortho intramolecular Hbond substituents is 1. The van der Waals surface area contributed by atoms with E-state index in [1.54, 1.807) is 6.07 Å². The molecule has 16 heavy (non-hydrogen) atoms. The van der Waals surface area contributed by atoms with Gasteiger partial charge in [0.15, 0.2) is 0 Å². The second-order valence-corrected chi connectivity index (χ2v) is 4.95. The van der Waals surface area contributed by atoms with Crippen LogP contribution in [0.4, 0.5) is 0 Å². The van der Waals surface area contributed by atoms with Crippen molar-refractivity contribution < 1.29 is 5.11 Å². The van der Waals surface area contributed by atoms with Gasteiger partial charge in [-0.2, -0.15) is 0 Å². The Labute approximate surface area is 95.7 Å². The highest BCUT2D eigenvalue weighted by molar-refractivity contribution is 5.87. The lowest BCUT2D eigenvalue weighted by atomic mass is 9.92. The minimum absolute atomic E-state index is 0.318. The van der Waals surface area contributed by atoms with Crippen molar-refractivity contribution in [3.05, 3.63) is 42.0 Å². The molecular weight excluding hydrogens is 198 g/mol. The van der Waals surface area contributed by atoms with Crippen molar-refractivity contribution in [2.45, 2.75) is 25.8 Å². The van der Waals surface area contributed by atoms with Crippen LogP contribution in [-0.4, -0.2) is 10.6 Å². The van der Waals surface area contributed by atoms with Gasteiger partial charge >= 0.3 is 0 Å². The molecule has 0 aliphatic carbocycles. The van der Waals surface area contributed by atoms with E-state index in [9.17, 15) is 5.11 Å². The average Bonchev–Trinajstić information content (AvgIpc) is 2.21. The lowest BCUT2D eigenvalue weighted by Crippen LogP contribution is -2.34. The van der Waals surface area contributed by atoms with Crippen molar-refractivity contribution in [2.24, 2.45) is 5.73 Å². The molecule has 0 aliphatic rings. The summed E-state index contributed by atoms with van der Waals surface area (Å²) in [5.74, 6) is 0.331. The second-order valence-electron chi connectivity index (χ2n) is 4.95. The summed E-state index contributed by atoms with van der Waals surface area (Å²) >= 11 is 0. The Bertz CT molecular complexity index is 512. The number of fused-ring (bicyclic) bond motifs is 1. The first-order valence-corrected chi connectivity index (χ1v) is 5.46. The van der Waals surface area contributed by atoms with E-state index < -0.39 is 0 Å². The van der Waals surface area contributed by atoms with Gasteiger partial charge < -0.3 is 10.8 Å². The molecule has 0 radical (unpaired) electrons. The van der Waals surface area contributed by atoms with Gasteiger partial charge in [0.1, 0.15) is 5.75 Å². The van der Waals surface area contributed by atoms with Crippen LogP contribution in [0.5, 0.6) is 5.75 Å². The summed E-state index contributed by atoms with van der Waals surface area (Å²) in [5.41, 5.74) is 6.63. The Kier molecular flexibility index (Phi) is 2.60. The Morgan fingerprint density at radius 3 is 2.50 bits per heavy atom. The van der Waals surface area contributed by atoms with Crippen LogP contribution in [0.15, 0.2) is 36.4 Å². The van der Waals surface area contributed by atoms with Crippen molar-refractivity contribution in [1.82, 2.24) is 0 Å². The highest BCUT2D eigenvalue weighted by Gasteiger charge is 2.16. The number of hydrogen-bond acceptors (Lipinski definition) is 2. The van der Waals surface area contributed by atoms with E-state index in [1.807, 2.05) is 44.2 Å². The number of nitrogens with two attached hydrogens (primary N) is 1. The van der Waals surface area contributed by atoms with Gasteiger partial charge in [-0.15, -0.1) is 0 Å². The van der Waals surface area contributed by atoms with Gasteiger partial charge in [-0.3, -0.25) is 0 Å². The Hall–Kier alpha value is -1.54. The fourth-order valence-electron chi connectivity index (χ4n) is 1.97. The molecule has 3 N–H and O–H groups in total. The third-order valence-corrected chi connectivity index (χ3v) is 2.65. The molecule has 0 bridgehead atoms. The molecule has 0 fully saturated rings. The highest BCUT2D eigenvalue weighted by Crippen LogP contribution is 2.29. The average molecular weight is 215 g/mol. The summed E-state index contributed by atoms with van der Waals surface area (Å²) in [5, 5.41) is 12.1. The molecule has 0 aromatic heterocycles. The van der Waals surface area contributed by atoms with Crippen molar-refractivity contribution in [2.75, 3.05) is 0 Å². The summed E-state index contributed by atoms with van der Waals surface area (Å²) in [6, 6.07) is 11.7. The van der Waals surface area contributed by atoms with Crippen LogP contribution in [0.25, 0.3) is 10.8 Å². The molecule has 0 saturated carbocycles. The Morgan fingerprint density at radius 1 is 1.12 bits per heavy atom. The summed E-state index contributed by atoms with van der Waals surface area (Å²) in [4.78, 5) is 0. The van der Waals surface area contributed by atoms with E-state index in [2.05, 4.69) is 0 Å². The van der Waals surface area contributed by atoms with Crippen LogP contribution in [0.1, 0.15) is 19.4 Å². The molecule has 2 rings (SSSR count). The predicted octanol–water partition coefficient (Wildman–Crippen LogP) is 2.83. The topological polar surface area (TPSA) is 46.2 Å². The maximum absolute atomic E-state index is 9.92. The zero-order chi connectivity index (χ0) is 11.8. The van der Waals surface area contributed by atoms with E-state index in [-0.39, 0.29) is 5.54 Å². The van der Waals surface area contributed by atoms with Gasteiger partial charge in [-0.05, 0) is 37.1 Å². The third-order valence-electron chi connectivity index (χ3n) is 2.65. The molecule has 2 nitrogen and oxygen atoms in total. The zero-order valence-corrected chi connectivity index (χ0v) is 9.70. The fraction of sp³-hybridized carbons (Fsp3) is 0.286. The number of hydrogen-bond donors (Lipinski definition) is 2. The molecule has 0 spiro atoms. The molecular formula is C14H17NO. The minimum Gasteiger partial charge on any atom is -0.508 e. The molecule has 0 heterocycles. The Morgan fingerprint density at radius 2 is 1.81 bits per heavy atom. The van der Waals surface area contributed by atoms with E-state index in [0.29, 0.717) is 12.2 Å². The van der Waals surface area contributed by atoms with Crippen LogP contribution >= 0.6 is 0 Å². The van der Waals surface area contributed by atoms with Gasteiger partial charge in [0.2, 0.25) is 0 Å². The first-order valence-electron chi connectivity index (χ1n) is 5.46. The third kappa shape index (κ3) is 2.17. The molecule has 2 heteroatoms. The molecule has 0 aliphatic heterocycles. The largest absolute Gasteiger partial charge is 0.508 e.